The third-order valence-electron chi connectivity index (χ3n) is 1.04. The molecular formula is C6H6BO2Y-. The zero-order chi connectivity index (χ0) is 6.69. The third-order valence-corrected chi connectivity index (χ3v) is 1.04. The molecule has 0 aromatic heterocycles. The van der Waals surface area contributed by atoms with Gasteiger partial charge in [0.2, 0.25) is 0 Å². The van der Waals surface area contributed by atoms with Gasteiger partial charge in [-0.1, -0.05) is 0 Å². The van der Waals surface area contributed by atoms with Gasteiger partial charge in [-0.2, -0.15) is 30.3 Å². The first kappa shape index (κ1) is 10.3. The normalized spacial score (nSPS) is 8.20. The van der Waals surface area contributed by atoms with Crippen LogP contribution in [0.3, 0.4) is 0 Å². The Morgan fingerprint density at radius 3 is 2.00 bits per heavy atom. The van der Waals surface area contributed by atoms with Gasteiger partial charge in [-0.05, 0) is 0 Å². The molecule has 2 N–H and O–H groups in total. The van der Waals surface area contributed by atoms with E-state index in [1.807, 2.05) is 0 Å². The van der Waals surface area contributed by atoms with Gasteiger partial charge in [-0.25, -0.2) is 0 Å². The average Bonchev–Trinajstić information content (AvgIpc) is 1.90. The van der Waals surface area contributed by atoms with Crippen molar-refractivity contribution in [2.75, 3.05) is 0 Å². The van der Waals surface area contributed by atoms with Gasteiger partial charge in [0.15, 0.2) is 0 Å². The van der Waals surface area contributed by atoms with E-state index in [1.54, 1.807) is 24.3 Å². The summed E-state index contributed by atoms with van der Waals surface area (Å²) in [4.78, 5) is 0. The Hall–Kier alpha value is 0.309. The Morgan fingerprint density at radius 1 is 1.20 bits per heavy atom. The minimum atomic E-state index is -1.36. The fraction of sp³-hybridized carbons (Fsp3) is 0. The first-order chi connectivity index (χ1) is 4.30. The molecule has 1 aromatic rings. The van der Waals surface area contributed by atoms with Gasteiger partial charge in [0.05, 0.1) is 0 Å². The summed E-state index contributed by atoms with van der Waals surface area (Å²) >= 11 is 0. The van der Waals surface area contributed by atoms with Crippen molar-refractivity contribution in [3.8, 4) is 0 Å². The van der Waals surface area contributed by atoms with E-state index in [4.69, 9.17) is 10.0 Å². The van der Waals surface area contributed by atoms with Crippen molar-refractivity contribution in [2.24, 2.45) is 0 Å². The quantitative estimate of drug-likeness (QED) is 0.468. The van der Waals surface area contributed by atoms with Crippen LogP contribution in [-0.2, 0) is 32.7 Å². The Labute approximate surface area is 85.3 Å². The van der Waals surface area contributed by atoms with Gasteiger partial charge in [-0.15, -0.1) is 5.46 Å². The van der Waals surface area contributed by atoms with Gasteiger partial charge in [0.25, 0.3) is 0 Å². The first-order valence-corrected chi connectivity index (χ1v) is 2.63. The van der Waals surface area contributed by atoms with E-state index in [2.05, 4.69) is 6.07 Å². The summed E-state index contributed by atoms with van der Waals surface area (Å²) in [5, 5.41) is 17.1. The average molecular weight is 210 g/mol. The predicted molar refractivity (Wildman–Crippen MR) is 35.1 cm³/mol. The topological polar surface area (TPSA) is 40.5 Å². The molecule has 1 aromatic carbocycles. The van der Waals surface area contributed by atoms with E-state index in [1.165, 1.54) is 0 Å². The zero-order valence-corrected chi connectivity index (χ0v) is 8.20. The molecule has 0 bridgehead atoms. The summed E-state index contributed by atoms with van der Waals surface area (Å²) in [6.07, 6.45) is 0. The molecule has 10 heavy (non-hydrogen) atoms. The molecule has 1 radical (unpaired) electrons. The van der Waals surface area contributed by atoms with Crippen LogP contribution in [0.5, 0.6) is 0 Å². The Balaban J connectivity index is 0.000000810. The van der Waals surface area contributed by atoms with Gasteiger partial charge in [0, 0.05) is 32.7 Å². The van der Waals surface area contributed by atoms with Crippen molar-refractivity contribution in [1.29, 1.82) is 0 Å². The van der Waals surface area contributed by atoms with Gasteiger partial charge >= 0.3 is 7.12 Å². The molecular weight excluding hydrogens is 204 g/mol. The Morgan fingerprint density at radius 2 is 1.70 bits per heavy atom. The van der Waals surface area contributed by atoms with Crippen molar-refractivity contribution < 1.29 is 42.8 Å². The van der Waals surface area contributed by atoms with E-state index in [-0.39, 0.29) is 32.7 Å². The molecule has 0 saturated heterocycles. The maximum absolute atomic E-state index is 8.57. The largest absolute Gasteiger partial charge is 0.462 e. The maximum atomic E-state index is 8.57. The number of rotatable bonds is 1. The number of hydrogen-bond acceptors (Lipinski definition) is 2. The fourth-order valence-electron chi connectivity index (χ4n) is 0.572. The summed E-state index contributed by atoms with van der Waals surface area (Å²) in [5.41, 5.74) is 0.494. The van der Waals surface area contributed by atoms with Crippen LogP contribution in [0, 0.1) is 6.07 Å². The van der Waals surface area contributed by atoms with Crippen LogP contribution in [0.4, 0.5) is 0 Å². The first-order valence-electron chi connectivity index (χ1n) is 2.63. The molecule has 2 nitrogen and oxygen atoms in total. The predicted octanol–water partition coefficient (Wildman–Crippen LogP) is -0.836. The van der Waals surface area contributed by atoms with E-state index in [0.717, 1.165) is 0 Å². The molecule has 1 rings (SSSR count). The molecule has 4 heteroatoms. The molecule has 0 spiro atoms. The molecule has 0 amide bonds. The van der Waals surface area contributed by atoms with E-state index in [0.29, 0.717) is 5.46 Å². The second-order valence-electron chi connectivity index (χ2n) is 1.71. The molecule has 0 fully saturated rings. The standard InChI is InChI=1S/C6H6BO2.Y/c8-7(9)6-4-2-1-3-5-6;/h2-5,8-9H;/q-1;. The Kier molecular flexibility index (Phi) is 5.18. The smallest absolute Gasteiger partial charge is 0.425 e. The maximum Gasteiger partial charge on any atom is 0.462 e. The van der Waals surface area contributed by atoms with E-state index < -0.39 is 7.12 Å². The molecule has 0 unspecified atom stereocenters. The molecule has 0 heterocycles. The molecule has 0 aliphatic rings. The van der Waals surface area contributed by atoms with Crippen molar-refractivity contribution in [3.05, 3.63) is 30.3 Å². The molecule has 49 valence electrons. The molecule has 0 saturated carbocycles. The van der Waals surface area contributed by atoms with Crippen LogP contribution < -0.4 is 5.46 Å². The number of hydrogen-bond donors (Lipinski definition) is 2. The van der Waals surface area contributed by atoms with E-state index >= 15 is 0 Å². The van der Waals surface area contributed by atoms with Gasteiger partial charge in [0.1, 0.15) is 0 Å². The SMILES string of the molecule is OB(O)c1cc[c-]cc1.[Y]. The van der Waals surface area contributed by atoms with Crippen LogP contribution in [0.25, 0.3) is 0 Å². The van der Waals surface area contributed by atoms with Crippen LogP contribution in [-0.4, -0.2) is 17.2 Å². The second kappa shape index (κ2) is 5.03. The van der Waals surface area contributed by atoms with Crippen molar-refractivity contribution in [3.63, 3.8) is 0 Å². The van der Waals surface area contributed by atoms with E-state index in [9.17, 15) is 0 Å². The molecule has 0 aliphatic heterocycles. The summed E-state index contributed by atoms with van der Waals surface area (Å²) in [6.45, 7) is 0. The van der Waals surface area contributed by atoms with Crippen molar-refractivity contribution in [2.45, 2.75) is 0 Å². The summed E-state index contributed by atoms with van der Waals surface area (Å²) in [7, 11) is -1.36. The third kappa shape index (κ3) is 2.93. The summed E-state index contributed by atoms with van der Waals surface area (Å²) < 4.78 is 0. The van der Waals surface area contributed by atoms with Crippen LogP contribution in [0.2, 0.25) is 0 Å². The number of benzene rings is 1. The van der Waals surface area contributed by atoms with Crippen LogP contribution in [0.15, 0.2) is 24.3 Å². The fourth-order valence-corrected chi connectivity index (χ4v) is 0.572. The van der Waals surface area contributed by atoms with Crippen LogP contribution >= 0.6 is 0 Å². The van der Waals surface area contributed by atoms with Crippen molar-refractivity contribution in [1.82, 2.24) is 0 Å². The van der Waals surface area contributed by atoms with Gasteiger partial charge in [-0.3, -0.25) is 0 Å². The second-order valence-corrected chi connectivity index (χ2v) is 1.71. The summed E-state index contributed by atoms with van der Waals surface area (Å²) in [6, 6.07) is 9.24. The molecule has 0 atom stereocenters. The monoisotopic (exact) mass is 210 g/mol. The van der Waals surface area contributed by atoms with Gasteiger partial charge < -0.3 is 10.0 Å². The van der Waals surface area contributed by atoms with Crippen LogP contribution in [0.1, 0.15) is 0 Å². The summed E-state index contributed by atoms with van der Waals surface area (Å²) in [5.74, 6) is 0. The zero-order valence-electron chi connectivity index (χ0n) is 5.36. The minimum absolute atomic E-state index is 0. The molecule has 0 aliphatic carbocycles. The Bertz CT molecular complexity index is 178. The van der Waals surface area contributed by atoms with Crippen molar-refractivity contribution >= 4 is 12.6 Å². The minimum Gasteiger partial charge on any atom is -0.425 e.